The lowest BCUT2D eigenvalue weighted by molar-refractivity contribution is 0.0761. The Morgan fingerprint density at radius 1 is 0.903 bits per heavy atom. The first-order valence-electron chi connectivity index (χ1n) is 10.6. The van der Waals surface area contributed by atoms with Crippen LogP contribution in [0.3, 0.4) is 0 Å². The summed E-state index contributed by atoms with van der Waals surface area (Å²) in [6.07, 6.45) is 6.19. The molecule has 0 atom stereocenters. The van der Waals surface area contributed by atoms with Gasteiger partial charge in [-0.15, -0.1) is 0 Å². The van der Waals surface area contributed by atoms with Crippen LogP contribution in [0.5, 0.6) is 0 Å². The van der Waals surface area contributed by atoms with Crippen LogP contribution in [0.4, 0.5) is 0 Å². The number of nitrogens with zero attached hydrogens (tertiary/aromatic N) is 6. The van der Waals surface area contributed by atoms with Crippen LogP contribution in [-0.2, 0) is 6.54 Å². The second-order valence-electron chi connectivity index (χ2n) is 7.76. The van der Waals surface area contributed by atoms with Gasteiger partial charge in [0.2, 0.25) is 0 Å². The molecular weight excluding hydrogens is 388 g/mol. The minimum absolute atomic E-state index is 0.0170. The fourth-order valence-electron chi connectivity index (χ4n) is 4.03. The van der Waals surface area contributed by atoms with Crippen molar-refractivity contribution in [3.63, 3.8) is 0 Å². The van der Waals surface area contributed by atoms with Crippen molar-refractivity contribution in [2.75, 3.05) is 26.2 Å². The summed E-state index contributed by atoms with van der Waals surface area (Å²) < 4.78 is 1.94. The fraction of sp³-hybridized carbons (Fsp3) is 0.250. The average molecular weight is 412 g/mol. The molecule has 0 radical (unpaired) electrons. The lowest BCUT2D eigenvalue weighted by Crippen LogP contribution is -2.35. The first-order valence-corrected chi connectivity index (χ1v) is 10.6. The largest absolute Gasteiger partial charge is 0.337 e. The predicted octanol–water partition coefficient (Wildman–Crippen LogP) is 3.16. The fourth-order valence-corrected chi connectivity index (χ4v) is 4.03. The third-order valence-corrected chi connectivity index (χ3v) is 5.66. The third-order valence-electron chi connectivity index (χ3n) is 5.66. The highest BCUT2D eigenvalue weighted by molar-refractivity contribution is 5.96. The van der Waals surface area contributed by atoms with Crippen LogP contribution in [0, 0.1) is 0 Å². The molecule has 7 nitrogen and oxygen atoms in total. The van der Waals surface area contributed by atoms with Gasteiger partial charge in [0.05, 0.1) is 11.3 Å². The minimum Gasteiger partial charge on any atom is -0.337 e. The molecular formula is C24H24N6O. The maximum absolute atomic E-state index is 13.2. The number of aromatic nitrogens is 4. The highest BCUT2D eigenvalue weighted by atomic mass is 16.2. The average Bonchev–Trinajstić information content (AvgIpc) is 3.11. The van der Waals surface area contributed by atoms with Crippen LogP contribution in [0.25, 0.3) is 16.9 Å². The van der Waals surface area contributed by atoms with Crippen molar-refractivity contribution in [3.8, 4) is 5.69 Å². The normalized spacial score (nSPS) is 15.2. The number of imidazole rings is 1. The highest BCUT2D eigenvalue weighted by Crippen LogP contribution is 2.18. The zero-order valence-corrected chi connectivity index (χ0v) is 17.3. The van der Waals surface area contributed by atoms with E-state index in [4.69, 9.17) is 0 Å². The summed E-state index contributed by atoms with van der Waals surface area (Å²) in [4.78, 5) is 30.9. The Hall–Kier alpha value is -3.58. The van der Waals surface area contributed by atoms with Crippen LogP contribution < -0.4 is 0 Å². The van der Waals surface area contributed by atoms with Crippen molar-refractivity contribution in [2.45, 2.75) is 13.0 Å². The first kappa shape index (κ1) is 19.4. The van der Waals surface area contributed by atoms with Crippen LogP contribution in [0.1, 0.15) is 22.5 Å². The summed E-state index contributed by atoms with van der Waals surface area (Å²) in [6, 6.07) is 17.8. The van der Waals surface area contributed by atoms with Crippen LogP contribution in [0.2, 0.25) is 0 Å². The number of fused-ring (bicyclic) bond motifs is 1. The molecule has 3 aromatic heterocycles. The Kier molecular flexibility index (Phi) is 5.41. The second-order valence-corrected chi connectivity index (χ2v) is 7.76. The van der Waals surface area contributed by atoms with E-state index in [1.54, 1.807) is 12.5 Å². The molecule has 0 aliphatic carbocycles. The minimum atomic E-state index is 0.0170. The van der Waals surface area contributed by atoms with Crippen molar-refractivity contribution in [1.29, 1.82) is 0 Å². The number of hydrogen-bond donors (Lipinski definition) is 0. The maximum Gasteiger partial charge on any atom is 0.255 e. The molecule has 0 bridgehead atoms. The van der Waals surface area contributed by atoms with Crippen molar-refractivity contribution in [1.82, 2.24) is 29.3 Å². The topological polar surface area (TPSA) is 67.2 Å². The second kappa shape index (κ2) is 8.65. The molecule has 1 aliphatic heterocycles. The number of para-hydroxylation sites is 1. The van der Waals surface area contributed by atoms with Crippen molar-refractivity contribution in [3.05, 3.63) is 84.6 Å². The molecule has 4 heterocycles. The van der Waals surface area contributed by atoms with Gasteiger partial charge in [-0.3, -0.25) is 19.2 Å². The van der Waals surface area contributed by atoms with E-state index < -0.39 is 0 Å². The summed E-state index contributed by atoms with van der Waals surface area (Å²) in [5, 5.41) is 0. The molecule has 0 spiro atoms. The number of benzene rings is 1. The van der Waals surface area contributed by atoms with E-state index in [1.807, 2.05) is 70.3 Å². The molecule has 5 rings (SSSR count). The van der Waals surface area contributed by atoms with Crippen molar-refractivity contribution in [2.24, 2.45) is 0 Å². The third kappa shape index (κ3) is 4.18. The molecule has 1 amide bonds. The van der Waals surface area contributed by atoms with Crippen LogP contribution in [0.15, 0.2) is 73.3 Å². The number of hydrogen-bond acceptors (Lipinski definition) is 5. The zero-order chi connectivity index (χ0) is 21.0. The molecule has 0 N–H and O–H groups in total. The van der Waals surface area contributed by atoms with Crippen LogP contribution in [-0.4, -0.2) is 61.4 Å². The standard InChI is InChI=1S/C24H24N6O/c31-24(29-12-6-11-28(13-14-29)17-20-7-4-5-10-25-20)19-15-22-23(26-16-19)30(18-27-22)21-8-2-1-3-9-21/h1-5,7-10,15-16,18H,6,11-14,17H2. The summed E-state index contributed by atoms with van der Waals surface area (Å²) >= 11 is 0. The quantitative estimate of drug-likeness (QED) is 0.515. The molecule has 1 aliphatic rings. The number of pyridine rings is 2. The number of rotatable bonds is 4. The van der Waals surface area contributed by atoms with Gasteiger partial charge in [0.25, 0.3) is 5.91 Å². The summed E-state index contributed by atoms with van der Waals surface area (Å²) in [5.41, 5.74) is 4.12. The summed E-state index contributed by atoms with van der Waals surface area (Å²) in [6.45, 7) is 4.04. The van der Waals surface area contributed by atoms with Gasteiger partial charge in [0.15, 0.2) is 5.65 Å². The molecule has 156 valence electrons. The van der Waals surface area contributed by atoms with Gasteiger partial charge < -0.3 is 4.90 Å². The molecule has 0 unspecified atom stereocenters. The monoisotopic (exact) mass is 412 g/mol. The molecule has 0 saturated carbocycles. The van der Waals surface area contributed by atoms with Gasteiger partial charge >= 0.3 is 0 Å². The molecule has 1 aromatic carbocycles. The van der Waals surface area contributed by atoms with Gasteiger partial charge in [0.1, 0.15) is 11.8 Å². The van der Waals surface area contributed by atoms with E-state index in [9.17, 15) is 4.79 Å². The highest BCUT2D eigenvalue weighted by Gasteiger charge is 2.21. The van der Waals surface area contributed by atoms with Gasteiger partial charge in [-0.25, -0.2) is 9.97 Å². The Morgan fingerprint density at radius 2 is 1.77 bits per heavy atom. The molecule has 7 heteroatoms. The van der Waals surface area contributed by atoms with Gasteiger partial charge in [-0.2, -0.15) is 0 Å². The van der Waals surface area contributed by atoms with Crippen molar-refractivity contribution >= 4 is 17.1 Å². The molecule has 1 saturated heterocycles. The molecule has 4 aromatic rings. The number of carbonyl (C=O) groups is 1. The van der Waals surface area contributed by atoms with Crippen molar-refractivity contribution < 1.29 is 4.79 Å². The predicted molar refractivity (Wildman–Crippen MR) is 119 cm³/mol. The summed E-state index contributed by atoms with van der Waals surface area (Å²) in [5.74, 6) is 0.0170. The number of carbonyl (C=O) groups excluding carboxylic acids is 1. The van der Waals surface area contributed by atoms with Gasteiger partial charge in [-0.1, -0.05) is 24.3 Å². The Balaban J connectivity index is 1.29. The maximum atomic E-state index is 13.2. The molecule has 31 heavy (non-hydrogen) atoms. The van der Waals surface area contributed by atoms with Crippen LogP contribution >= 0.6 is 0 Å². The Labute approximate surface area is 181 Å². The molecule has 1 fully saturated rings. The van der Waals surface area contributed by atoms with Gasteiger partial charge in [0, 0.05) is 50.8 Å². The van der Waals surface area contributed by atoms with E-state index in [0.717, 1.165) is 55.1 Å². The van der Waals surface area contributed by atoms with E-state index >= 15 is 0 Å². The Morgan fingerprint density at radius 3 is 2.61 bits per heavy atom. The van der Waals surface area contributed by atoms with E-state index in [0.29, 0.717) is 12.1 Å². The lowest BCUT2D eigenvalue weighted by Gasteiger charge is -2.21. The zero-order valence-electron chi connectivity index (χ0n) is 17.3. The lowest BCUT2D eigenvalue weighted by atomic mass is 10.2. The smallest absolute Gasteiger partial charge is 0.255 e. The Bertz CT molecular complexity index is 1170. The number of amides is 1. The van der Waals surface area contributed by atoms with E-state index in [2.05, 4.69) is 19.9 Å². The van der Waals surface area contributed by atoms with Gasteiger partial charge in [-0.05, 0) is 36.8 Å². The SMILES string of the molecule is O=C(c1cnc2c(c1)ncn2-c1ccccc1)N1CCCN(Cc2ccccn2)CC1. The van der Waals surface area contributed by atoms with E-state index in [-0.39, 0.29) is 5.91 Å². The summed E-state index contributed by atoms with van der Waals surface area (Å²) in [7, 11) is 0. The van der Waals surface area contributed by atoms with E-state index in [1.165, 1.54) is 0 Å². The first-order chi connectivity index (χ1) is 15.3.